The number of hydrogen-bond acceptors (Lipinski definition) is 2. The van der Waals surface area contributed by atoms with Crippen molar-refractivity contribution in [1.82, 2.24) is 0 Å². The maximum absolute atomic E-state index is 10.2. The second-order valence-corrected chi connectivity index (χ2v) is 3.99. The van der Waals surface area contributed by atoms with Crippen LogP contribution in [0.1, 0.15) is 26.2 Å². The van der Waals surface area contributed by atoms with Crippen LogP contribution in [0.25, 0.3) is 0 Å². The number of ether oxygens (including phenoxy) is 1. The topological polar surface area (TPSA) is 26.3 Å². The number of methoxy groups -OCH3 is 1. The van der Waals surface area contributed by atoms with Crippen molar-refractivity contribution in [3.63, 3.8) is 0 Å². The molecule has 2 atom stereocenters. The standard InChI is InChI=1S/C7H10.C5H8O2/c1-2-7-4-3-6(1)5-7;1-4(2)5(6)7-3/h1-2,6-7H,3-5H2;1H2,2-3H3. The first-order chi connectivity index (χ1) is 6.63. The van der Waals surface area contributed by atoms with Gasteiger partial charge in [0.15, 0.2) is 0 Å². The number of carbonyl (C=O) groups excluding carboxylic acids is 1. The molecule has 1 saturated carbocycles. The third-order valence-electron chi connectivity index (χ3n) is 2.70. The van der Waals surface area contributed by atoms with Gasteiger partial charge in [-0.1, -0.05) is 18.7 Å². The fourth-order valence-corrected chi connectivity index (χ4v) is 1.89. The van der Waals surface area contributed by atoms with Crippen LogP contribution in [0.5, 0.6) is 0 Å². The predicted octanol–water partition coefficient (Wildman–Crippen LogP) is 2.71. The maximum Gasteiger partial charge on any atom is 0.332 e. The van der Waals surface area contributed by atoms with E-state index in [1.165, 1.54) is 26.4 Å². The van der Waals surface area contributed by atoms with Gasteiger partial charge in [-0.05, 0) is 38.0 Å². The van der Waals surface area contributed by atoms with E-state index in [9.17, 15) is 4.79 Å². The summed E-state index contributed by atoms with van der Waals surface area (Å²) in [4.78, 5) is 10.2. The molecule has 0 heterocycles. The molecule has 2 aliphatic rings. The lowest BCUT2D eigenvalue weighted by Crippen LogP contribution is -1.98. The molecule has 0 N–H and O–H groups in total. The van der Waals surface area contributed by atoms with Crippen molar-refractivity contribution in [3.8, 4) is 0 Å². The van der Waals surface area contributed by atoms with Gasteiger partial charge in [-0.25, -0.2) is 4.79 Å². The minimum absolute atomic E-state index is 0.347. The molecule has 1 fully saturated rings. The minimum atomic E-state index is -0.347. The third-order valence-corrected chi connectivity index (χ3v) is 2.70. The molecule has 0 aromatic carbocycles. The Balaban J connectivity index is 0.000000140. The summed E-state index contributed by atoms with van der Waals surface area (Å²) >= 11 is 0. The zero-order valence-electron chi connectivity index (χ0n) is 8.95. The first-order valence-electron chi connectivity index (χ1n) is 5.05. The molecule has 2 unspecified atom stereocenters. The average Bonchev–Trinajstić information content (AvgIpc) is 2.80. The lowest BCUT2D eigenvalue weighted by molar-refractivity contribution is -0.136. The van der Waals surface area contributed by atoms with Gasteiger partial charge in [-0.3, -0.25) is 0 Å². The zero-order valence-corrected chi connectivity index (χ0v) is 8.95. The summed E-state index contributed by atoms with van der Waals surface area (Å²) in [6, 6.07) is 0. The Morgan fingerprint density at radius 3 is 1.93 bits per heavy atom. The molecule has 0 amide bonds. The summed E-state index contributed by atoms with van der Waals surface area (Å²) in [6.45, 7) is 4.95. The van der Waals surface area contributed by atoms with Crippen molar-refractivity contribution >= 4 is 5.97 Å². The zero-order chi connectivity index (χ0) is 10.6. The van der Waals surface area contributed by atoms with Crippen molar-refractivity contribution in [2.75, 3.05) is 7.11 Å². The molecule has 14 heavy (non-hydrogen) atoms. The SMILES string of the molecule is C1=CC2CCC1C2.C=C(C)C(=O)OC. The van der Waals surface area contributed by atoms with Gasteiger partial charge in [-0.15, -0.1) is 0 Å². The fourth-order valence-electron chi connectivity index (χ4n) is 1.89. The Morgan fingerprint density at radius 1 is 1.36 bits per heavy atom. The molecular weight excluding hydrogens is 176 g/mol. The van der Waals surface area contributed by atoms with Crippen LogP contribution in [-0.2, 0) is 9.53 Å². The highest BCUT2D eigenvalue weighted by molar-refractivity contribution is 5.86. The van der Waals surface area contributed by atoms with E-state index >= 15 is 0 Å². The number of fused-ring (bicyclic) bond motifs is 2. The lowest BCUT2D eigenvalue weighted by atomic mass is 10.1. The highest BCUT2D eigenvalue weighted by Crippen LogP contribution is 2.38. The Bertz CT molecular complexity index is 241. The smallest absolute Gasteiger partial charge is 0.332 e. The summed E-state index contributed by atoms with van der Waals surface area (Å²) in [7, 11) is 1.33. The highest BCUT2D eigenvalue weighted by atomic mass is 16.5. The van der Waals surface area contributed by atoms with E-state index in [-0.39, 0.29) is 5.97 Å². The van der Waals surface area contributed by atoms with Crippen LogP contribution in [0.15, 0.2) is 24.3 Å². The number of carbonyl (C=O) groups is 1. The fraction of sp³-hybridized carbons (Fsp3) is 0.583. The summed E-state index contributed by atoms with van der Waals surface area (Å²) < 4.78 is 4.27. The average molecular weight is 194 g/mol. The lowest BCUT2D eigenvalue weighted by Gasteiger charge is -1.96. The van der Waals surface area contributed by atoms with Crippen molar-refractivity contribution in [1.29, 1.82) is 0 Å². The monoisotopic (exact) mass is 194 g/mol. The molecule has 0 aliphatic heterocycles. The van der Waals surface area contributed by atoms with Gasteiger partial charge in [0.2, 0.25) is 0 Å². The highest BCUT2D eigenvalue weighted by Gasteiger charge is 2.25. The van der Waals surface area contributed by atoms with E-state index < -0.39 is 0 Å². The van der Waals surface area contributed by atoms with E-state index in [1.54, 1.807) is 6.92 Å². The quantitative estimate of drug-likeness (QED) is 0.364. The van der Waals surface area contributed by atoms with Crippen LogP contribution >= 0.6 is 0 Å². The van der Waals surface area contributed by atoms with Crippen LogP contribution in [0.2, 0.25) is 0 Å². The Morgan fingerprint density at radius 2 is 1.86 bits per heavy atom. The van der Waals surface area contributed by atoms with Gasteiger partial charge >= 0.3 is 5.97 Å². The number of allylic oxidation sites excluding steroid dienone is 2. The van der Waals surface area contributed by atoms with Crippen molar-refractivity contribution in [2.24, 2.45) is 11.8 Å². The molecule has 0 radical (unpaired) electrons. The van der Waals surface area contributed by atoms with Gasteiger partial charge in [0.25, 0.3) is 0 Å². The van der Waals surface area contributed by atoms with Gasteiger partial charge in [-0.2, -0.15) is 0 Å². The Labute approximate surface area is 85.6 Å². The molecule has 2 heteroatoms. The van der Waals surface area contributed by atoms with Crippen molar-refractivity contribution in [3.05, 3.63) is 24.3 Å². The van der Waals surface area contributed by atoms with E-state index in [1.807, 2.05) is 0 Å². The predicted molar refractivity (Wildman–Crippen MR) is 56.8 cm³/mol. The van der Waals surface area contributed by atoms with E-state index in [4.69, 9.17) is 0 Å². The maximum atomic E-state index is 10.2. The van der Waals surface area contributed by atoms with Gasteiger partial charge in [0, 0.05) is 5.57 Å². The Kier molecular flexibility index (Phi) is 3.93. The van der Waals surface area contributed by atoms with Crippen LogP contribution in [0.3, 0.4) is 0 Å². The normalized spacial score (nSPS) is 26.7. The van der Waals surface area contributed by atoms with Crippen LogP contribution in [0, 0.1) is 11.8 Å². The molecule has 0 saturated heterocycles. The minimum Gasteiger partial charge on any atom is -0.466 e. The molecular formula is C12H18O2. The van der Waals surface area contributed by atoms with E-state index in [0.717, 1.165) is 11.8 Å². The second-order valence-electron chi connectivity index (χ2n) is 3.99. The number of rotatable bonds is 1. The van der Waals surface area contributed by atoms with Crippen LogP contribution in [-0.4, -0.2) is 13.1 Å². The summed E-state index contributed by atoms with van der Waals surface area (Å²) in [5.41, 5.74) is 0.433. The van der Waals surface area contributed by atoms with Crippen LogP contribution < -0.4 is 0 Å². The molecule has 0 spiro atoms. The molecule has 2 nitrogen and oxygen atoms in total. The summed E-state index contributed by atoms with van der Waals surface area (Å²) in [5.74, 6) is 1.63. The van der Waals surface area contributed by atoms with Gasteiger partial charge in [0.1, 0.15) is 0 Å². The number of esters is 1. The molecule has 2 aliphatic carbocycles. The van der Waals surface area contributed by atoms with Gasteiger partial charge < -0.3 is 4.74 Å². The number of hydrogen-bond donors (Lipinski definition) is 0. The second kappa shape index (κ2) is 4.99. The first kappa shape index (κ1) is 11.0. The molecule has 0 aromatic heterocycles. The molecule has 2 bridgehead atoms. The summed E-state index contributed by atoms with van der Waals surface area (Å²) in [6.07, 6.45) is 9.19. The molecule has 2 rings (SSSR count). The van der Waals surface area contributed by atoms with Crippen LogP contribution in [0.4, 0.5) is 0 Å². The largest absolute Gasteiger partial charge is 0.466 e. The molecule has 78 valence electrons. The van der Waals surface area contributed by atoms with E-state index in [2.05, 4.69) is 23.5 Å². The van der Waals surface area contributed by atoms with Crippen molar-refractivity contribution in [2.45, 2.75) is 26.2 Å². The van der Waals surface area contributed by atoms with E-state index in [0.29, 0.717) is 5.57 Å². The first-order valence-corrected chi connectivity index (χ1v) is 5.05. The molecule has 0 aromatic rings. The third kappa shape index (κ3) is 3.02. The van der Waals surface area contributed by atoms with Crippen molar-refractivity contribution < 1.29 is 9.53 Å². The summed E-state index contributed by atoms with van der Waals surface area (Å²) in [5, 5.41) is 0. The Hall–Kier alpha value is -1.05. The van der Waals surface area contributed by atoms with Gasteiger partial charge in [0.05, 0.1) is 7.11 Å².